The molecule has 1 saturated heterocycles. The molecule has 2 aromatic rings. The average molecular weight is 366 g/mol. The van der Waals surface area contributed by atoms with Crippen LogP contribution >= 0.6 is 27.5 Å². The third-order valence-corrected chi connectivity index (χ3v) is 4.63. The van der Waals surface area contributed by atoms with Gasteiger partial charge in [-0.2, -0.15) is 0 Å². The van der Waals surface area contributed by atoms with Crippen LogP contribution in [0.4, 0.5) is 5.69 Å². The summed E-state index contributed by atoms with van der Waals surface area (Å²) in [5.41, 5.74) is 2.39. The lowest BCUT2D eigenvalue weighted by Gasteiger charge is -2.18. The first-order valence-corrected chi connectivity index (χ1v) is 8.36. The van der Waals surface area contributed by atoms with Crippen LogP contribution in [0.5, 0.6) is 0 Å². The van der Waals surface area contributed by atoms with Crippen LogP contribution in [-0.4, -0.2) is 24.0 Å². The Labute approximate surface area is 139 Å². The van der Waals surface area contributed by atoms with E-state index < -0.39 is 0 Å². The van der Waals surface area contributed by atoms with Crippen LogP contribution in [-0.2, 0) is 6.54 Å². The maximum absolute atomic E-state index is 6.24. The minimum absolute atomic E-state index is 0.459. The van der Waals surface area contributed by atoms with Crippen LogP contribution in [0.1, 0.15) is 12.0 Å². The lowest BCUT2D eigenvalue weighted by molar-refractivity contribution is 0.328. The Morgan fingerprint density at radius 2 is 2.00 bits per heavy atom. The van der Waals surface area contributed by atoms with E-state index in [4.69, 9.17) is 11.6 Å². The van der Waals surface area contributed by atoms with E-state index in [9.17, 15) is 0 Å². The number of benzene rings is 2. The number of hydrogen-bond donors (Lipinski definition) is 1. The molecular weight excluding hydrogens is 348 g/mol. The van der Waals surface area contributed by atoms with E-state index in [0.29, 0.717) is 6.04 Å². The molecule has 1 aliphatic rings. The average Bonchev–Trinajstić information content (AvgIpc) is 2.91. The second-order valence-electron chi connectivity index (χ2n) is 5.47. The van der Waals surface area contributed by atoms with Gasteiger partial charge in [-0.1, -0.05) is 57.9 Å². The Morgan fingerprint density at radius 1 is 1.19 bits per heavy atom. The van der Waals surface area contributed by atoms with Crippen LogP contribution < -0.4 is 5.32 Å². The molecule has 3 rings (SSSR count). The quantitative estimate of drug-likeness (QED) is 0.838. The maximum Gasteiger partial charge on any atom is 0.0638 e. The zero-order valence-corrected chi connectivity index (χ0v) is 14.1. The smallest absolute Gasteiger partial charge is 0.0638 e. The molecule has 4 heteroatoms. The molecule has 1 atom stereocenters. The second-order valence-corrected chi connectivity index (χ2v) is 6.80. The van der Waals surface area contributed by atoms with Gasteiger partial charge in [0.2, 0.25) is 0 Å². The Balaban J connectivity index is 1.58. The van der Waals surface area contributed by atoms with Crippen molar-refractivity contribution in [3.63, 3.8) is 0 Å². The van der Waals surface area contributed by atoms with Gasteiger partial charge in [-0.25, -0.2) is 0 Å². The minimum atomic E-state index is 0.459. The Bertz CT molecular complexity index is 603. The van der Waals surface area contributed by atoms with Crippen LogP contribution in [0.3, 0.4) is 0 Å². The fraction of sp³-hybridized carbons (Fsp3) is 0.294. The van der Waals surface area contributed by atoms with Crippen molar-refractivity contribution >= 4 is 33.2 Å². The molecule has 0 aliphatic carbocycles. The van der Waals surface area contributed by atoms with Gasteiger partial charge in [-0.3, -0.25) is 4.90 Å². The van der Waals surface area contributed by atoms with E-state index in [0.717, 1.165) is 41.2 Å². The first kappa shape index (κ1) is 14.9. The molecule has 0 bridgehead atoms. The molecule has 0 aromatic heterocycles. The van der Waals surface area contributed by atoms with E-state index in [1.807, 2.05) is 18.2 Å². The summed E-state index contributed by atoms with van der Waals surface area (Å²) in [6.07, 6.45) is 1.15. The zero-order valence-electron chi connectivity index (χ0n) is 11.7. The highest BCUT2D eigenvalue weighted by molar-refractivity contribution is 9.10. The minimum Gasteiger partial charge on any atom is -0.380 e. The highest BCUT2D eigenvalue weighted by atomic mass is 79.9. The summed E-state index contributed by atoms with van der Waals surface area (Å²) >= 11 is 9.74. The molecule has 2 aromatic carbocycles. The second kappa shape index (κ2) is 6.82. The van der Waals surface area contributed by atoms with Gasteiger partial charge in [-0.15, -0.1) is 0 Å². The highest BCUT2D eigenvalue weighted by Crippen LogP contribution is 2.28. The molecule has 0 saturated carbocycles. The van der Waals surface area contributed by atoms with E-state index in [1.165, 1.54) is 5.56 Å². The number of anilines is 1. The fourth-order valence-corrected chi connectivity index (χ4v) is 3.30. The fourth-order valence-electron chi connectivity index (χ4n) is 2.76. The topological polar surface area (TPSA) is 15.3 Å². The Hall–Kier alpha value is -1.03. The summed E-state index contributed by atoms with van der Waals surface area (Å²) in [5.74, 6) is 0. The van der Waals surface area contributed by atoms with Crippen molar-refractivity contribution in [2.24, 2.45) is 0 Å². The van der Waals surface area contributed by atoms with Gasteiger partial charge in [0.05, 0.1) is 10.7 Å². The van der Waals surface area contributed by atoms with Crippen molar-refractivity contribution in [1.29, 1.82) is 0 Å². The summed E-state index contributed by atoms with van der Waals surface area (Å²) in [6, 6.07) is 17.0. The lowest BCUT2D eigenvalue weighted by atomic mass is 10.2. The number of nitrogens with one attached hydrogen (secondary N) is 1. The van der Waals surface area contributed by atoms with Gasteiger partial charge in [0.1, 0.15) is 0 Å². The van der Waals surface area contributed by atoms with Crippen molar-refractivity contribution < 1.29 is 0 Å². The first-order chi connectivity index (χ1) is 10.2. The molecule has 1 aliphatic heterocycles. The molecule has 0 radical (unpaired) electrons. The standard InChI is InChI=1S/C17H18BrClN2/c18-14-6-7-16(19)17(10-14)20-15-8-9-21(12-15)11-13-4-2-1-3-5-13/h1-7,10,15,20H,8-9,11-12H2. The number of likely N-dealkylation sites (tertiary alicyclic amines) is 1. The molecular formula is C17H18BrClN2. The summed E-state index contributed by atoms with van der Waals surface area (Å²) in [6.45, 7) is 3.20. The molecule has 0 spiro atoms. The zero-order chi connectivity index (χ0) is 14.7. The predicted molar refractivity (Wildman–Crippen MR) is 92.9 cm³/mol. The number of hydrogen-bond acceptors (Lipinski definition) is 2. The largest absolute Gasteiger partial charge is 0.380 e. The van der Waals surface area contributed by atoms with Gasteiger partial charge in [0.15, 0.2) is 0 Å². The van der Waals surface area contributed by atoms with Gasteiger partial charge in [-0.05, 0) is 30.2 Å². The monoisotopic (exact) mass is 364 g/mol. The molecule has 1 unspecified atom stereocenters. The summed E-state index contributed by atoms with van der Waals surface area (Å²) < 4.78 is 1.05. The SMILES string of the molecule is Clc1ccc(Br)cc1NC1CCN(Cc2ccccc2)C1. The molecule has 0 amide bonds. The van der Waals surface area contributed by atoms with Crippen LogP contribution in [0, 0.1) is 0 Å². The van der Waals surface area contributed by atoms with Crippen molar-refractivity contribution in [3.8, 4) is 0 Å². The van der Waals surface area contributed by atoms with Crippen LogP contribution in [0.2, 0.25) is 5.02 Å². The van der Waals surface area contributed by atoms with E-state index in [1.54, 1.807) is 0 Å². The van der Waals surface area contributed by atoms with E-state index >= 15 is 0 Å². The maximum atomic E-state index is 6.24. The molecule has 1 heterocycles. The number of halogens is 2. The van der Waals surface area contributed by atoms with Gasteiger partial charge in [0.25, 0.3) is 0 Å². The summed E-state index contributed by atoms with van der Waals surface area (Å²) in [7, 11) is 0. The summed E-state index contributed by atoms with van der Waals surface area (Å²) in [4.78, 5) is 2.49. The lowest BCUT2D eigenvalue weighted by Crippen LogP contribution is -2.26. The van der Waals surface area contributed by atoms with Gasteiger partial charge < -0.3 is 5.32 Å². The van der Waals surface area contributed by atoms with E-state index in [-0.39, 0.29) is 0 Å². The van der Waals surface area contributed by atoms with Crippen LogP contribution in [0.25, 0.3) is 0 Å². The number of nitrogens with zero attached hydrogens (tertiary/aromatic N) is 1. The normalized spacial score (nSPS) is 18.9. The third-order valence-electron chi connectivity index (χ3n) is 3.81. The molecule has 1 fully saturated rings. The van der Waals surface area contributed by atoms with Gasteiger partial charge >= 0.3 is 0 Å². The summed E-state index contributed by atoms with van der Waals surface area (Å²) in [5, 5.41) is 4.34. The van der Waals surface area contributed by atoms with Gasteiger partial charge in [0, 0.05) is 30.1 Å². The third kappa shape index (κ3) is 4.00. The van der Waals surface area contributed by atoms with Crippen molar-refractivity contribution in [2.75, 3.05) is 18.4 Å². The highest BCUT2D eigenvalue weighted by Gasteiger charge is 2.22. The number of rotatable bonds is 4. The molecule has 110 valence electrons. The Kier molecular flexibility index (Phi) is 4.84. The van der Waals surface area contributed by atoms with Crippen molar-refractivity contribution in [3.05, 3.63) is 63.6 Å². The molecule has 2 nitrogen and oxygen atoms in total. The Morgan fingerprint density at radius 3 is 2.81 bits per heavy atom. The predicted octanol–water partition coefficient (Wildman–Crippen LogP) is 4.79. The van der Waals surface area contributed by atoms with Crippen molar-refractivity contribution in [2.45, 2.75) is 19.0 Å². The van der Waals surface area contributed by atoms with E-state index in [2.05, 4.69) is 56.5 Å². The van der Waals surface area contributed by atoms with Crippen LogP contribution in [0.15, 0.2) is 53.0 Å². The molecule has 21 heavy (non-hydrogen) atoms. The van der Waals surface area contributed by atoms with Crippen molar-refractivity contribution in [1.82, 2.24) is 4.90 Å². The molecule has 1 N–H and O–H groups in total. The first-order valence-electron chi connectivity index (χ1n) is 7.18.